The van der Waals surface area contributed by atoms with E-state index in [1.165, 1.54) is 16.8 Å². The zero-order chi connectivity index (χ0) is 11.7. The van der Waals surface area contributed by atoms with Crippen molar-refractivity contribution >= 4 is 21.9 Å². The molecule has 1 aromatic rings. The summed E-state index contributed by atoms with van der Waals surface area (Å²) in [7, 11) is 0. The van der Waals surface area contributed by atoms with E-state index in [0.717, 1.165) is 12.8 Å². The van der Waals surface area contributed by atoms with E-state index in [-0.39, 0.29) is 5.56 Å². The number of carboxylic acids is 1. The molecule has 1 unspecified atom stereocenters. The second-order valence-electron chi connectivity index (χ2n) is 4.12. The highest BCUT2D eigenvalue weighted by Crippen LogP contribution is 2.36. The summed E-state index contributed by atoms with van der Waals surface area (Å²) < 4.78 is 1.97. The van der Waals surface area contributed by atoms with Gasteiger partial charge in [0.2, 0.25) is 0 Å². The van der Waals surface area contributed by atoms with Crippen LogP contribution in [0.5, 0.6) is 0 Å². The van der Waals surface area contributed by atoms with Crippen molar-refractivity contribution < 1.29 is 9.90 Å². The largest absolute Gasteiger partial charge is 0.480 e. The second-order valence-corrected chi connectivity index (χ2v) is 5.04. The van der Waals surface area contributed by atoms with E-state index in [1.54, 1.807) is 6.07 Å². The van der Waals surface area contributed by atoms with Crippen molar-refractivity contribution in [1.82, 2.24) is 4.57 Å². The van der Waals surface area contributed by atoms with Gasteiger partial charge in [0.15, 0.2) is 0 Å². The summed E-state index contributed by atoms with van der Waals surface area (Å²) in [5, 5.41) is 9.13. The lowest BCUT2D eigenvalue weighted by Gasteiger charge is -2.14. The summed E-state index contributed by atoms with van der Waals surface area (Å²) in [6.45, 7) is 0. The monoisotopic (exact) mass is 285 g/mol. The Morgan fingerprint density at radius 3 is 2.81 bits per heavy atom. The number of rotatable bonds is 4. The van der Waals surface area contributed by atoms with E-state index in [2.05, 4.69) is 15.9 Å². The van der Waals surface area contributed by atoms with E-state index in [1.807, 2.05) is 0 Å². The first-order chi connectivity index (χ1) is 7.58. The predicted molar refractivity (Wildman–Crippen MR) is 62.4 cm³/mol. The van der Waals surface area contributed by atoms with E-state index in [0.29, 0.717) is 16.8 Å². The van der Waals surface area contributed by atoms with Gasteiger partial charge in [0.25, 0.3) is 5.56 Å². The summed E-state index contributed by atoms with van der Waals surface area (Å²) in [6.07, 6.45) is 4.24. The Balaban J connectivity index is 2.30. The Morgan fingerprint density at radius 2 is 2.31 bits per heavy atom. The average Bonchev–Trinajstić information content (AvgIpc) is 2.98. The van der Waals surface area contributed by atoms with E-state index in [9.17, 15) is 9.59 Å². The van der Waals surface area contributed by atoms with Crippen LogP contribution in [-0.2, 0) is 4.79 Å². The van der Waals surface area contributed by atoms with Crippen LogP contribution in [0.3, 0.4) is 0 Å². The van der Waals surface area contributed by atoms with Crippen LogP contribution >= 0.6 is 15.9 Å². The zero-order valence-electron chi connectivity index (χ0n) is 8.60. The van der Waals surface area contributed by atoms with Crippen molar-refractivity contribution in [2.75, 3.05) is 0 Å². The molecule has 86 valence electrons. The van der Waals surface area contributed by atoms with Crippen molar-refractivity contribution in [2.45, 2.75) is 25.3 Å². The Labute approximate surface area is 101 Å². The summed E-state index contributed by atoms with van der Waals surface area (Å²) in [5.74, 6) is -0.465. The van der Waals surface area contributed by atoms with Crippen molar-refractivity contribution in [1.29, 1.82) is 0 Å². The molecule has 0 spiro atoms. The third kappa shape index (κ3) is 2.52. The van der Waals surface area contributed by atoms with Gasteiger partial charge in [-0.2, -0.15) is 0 Å². The maximum atomic E-state index is 11.7. The fourth-order valence-electron chi connectivity index (χ4n) is 1.73. The van der Waals surface area contributed by atoms with Crippen molar-refractivity contribution in [2.24, 2.45) is 5.92 Å². The first-order valence-electron chi connectivity index (χ1n) is 5.18. The molecule has 4 nitrogen and oxygen atoms in total. The topological polar surface area (TPSA) is 59.3 Å². The molecular weight excluding hydrogens is 274 g/mol. The van der Waals surface area contributed by atoms with Gasteiger partial charge in [-0.3, -0.25) is 4.79 Å². The lowest BCUT2D eigenvalue weighted by molar-refractivity contribution is -0.141. The normalized spacial score (nSPS) is 17.1. The lowest BCUT2D eigenvalue weighted by Crippen LogP contribution is -2.29. The van der Waals surface area contributed by atoms with Crippen LogP contribution < -0.4 is 5.56 Å². The summed E-state index contributed by atoms with van der Waals surface area (Å²) in [6, 6.07) is 2.35. The molecule has 1 atom stereocenters. The Kier molecular flexibility index (Phi) is 3.14. The first kappa shape index (κ1) is 11.4. The van der Waals surface area contributed by atoms with Crippen LogP contribution in [0.1, 0.15) is 25.3 Å². The molecule has 0 aromatic carbocycles. The van der Waals surface area contributed by atoms with Gasteiger partial charge in [0.05, 0.1) is 0 Å². The van der Waals surface area contributed by atoms with Crippen LogP contribution in [0.4, 0.5) is 0 Å². The van der Waals surface area contributed by atoms with Crippen molar-refractivity contribution in [3.05, 3.63) is 33.2 Å². The number of carboxylic acid groups (broad SMARTS) is 1. The second kappa shape index (κ2) is 4.41. The highest BCUT2D eigenvalue weighted by Gasteiger charge is 2.30. The van der Waals surface area contributed by atoms with Crippen LogP contribution in [0.25, 0.3) is 0 Å². The molecule has 0 aliphatic heterocycles. The summed E-state index contributed by atoms with van der Waals surface area (Å²) >= 11 is 3.18. The number of hydrogen-bond acceptors (Lipinski definition) is 2. The fraction of sp³-hybridized carbons (Fsp3) is 0.455. The molecule has 1 heterocycles. The quantitative estimate of drug-likeness (QED) is 0.921. The molecule has 1 aromatic heterocycles. The van der Waals surface area contributed by atoms with E-state index < -0.39 is 12.0 Å². The van der Waals surface area contributed by atoms with E-state index >= 15 is 0 Å². The number of halogens is 1. The minimum absolute atomic E-state index is 0.276. The number of hydrogen-bond donors (Lipinski definition) is 1. The van der Waals surface area contributed by atoms with Gasteiger partial charge in [0.1, 0.15) is 6.04 Å². The van der Waals surface area contributed by atoms with Crippen LogP contribution in [0, 0.1) is 5.92 Å². The van der Waals surface area contributed by atoms with Gasteiger partial charge in [-0.05, 0) is 18.4 Å². The maximum absolute atomic E-state index is 11.7. The molecule has 2 rings (SSSR count). The summed E-state index contributed by atoms with van der Waals surface area (Å²) in [5.41, 5.74) is -0.276. The number of pyridine rings is 1. The minimum atomic E-state index is -0.934. The molecular formula is C11H12BrNO3. The first-order valence-corrected chi connectivity index (χ1v) is 5.97. The number of aliphatic carboxylic acids is 1. The molecule has 1 aliphatic rings. The van der Waals surface area contributed by atoms with Crippen molar-refractivity contribution in [3.8, 4) is 0 Å². The van der Waals surface area contributed by atoms with Crippen LogP contribution in [0.15, 0.2) is 27.6 Å². The average molecular weight is 286 g/mol. The van der Waals surface area contributed by atoms with Crippen molar-refractivity contribution in [3.63, 3.8) is 0 Å². The molecule has 1 fully saturated rings. The van der Waals surface area contributed by atoms with Gasteiger partial charge in [-0.1, -0.05) is 28.8 Å². The molecule has 0 radical (unpaired) electrons. The van der Waals surface area contributed by atoms with Gasteiger partial charge in [0, 0.05) is 16.7 Å². The molecule has 1 saturated carbocycles. The lowest BCUT2D eigenvalue weighted by atomic mass is 10.1. The Hall–Kier alpha value is -1.10. The molecule has 5 heteroatoms. The molecule has 0 saturated heterocycles. The Morgan fingerprint density at radius 1 is 1.62 bits per heavy atom. The maximum Gasteiger partial charge on any atom is 0.326 e. The molecule has 0 bridgehead atoms. The third-order valence-electron chi connectivity index (χ3n) is 2.78. The van der Waals surface area contributed by atoms with Gasteiger partial charge in [-0.25, -0.2) is 4.79 Å². The van der Waals surface area contributed by atoms with Gasteiger partial charge < -0.3 is 9.67 Å². The zero-order valence-corrected chi connectivity index (χ0v) is 10.2. The SMILES string of the molecule is O=C(O)C(CC1CC1)n1ccc(Br)cc1=O. The smallest absolute Gasteiger partial charge is 0.326 e. The number of nitrogens with zero attached hydrogens (tertiary/aromatic N) is 1. The minimum Gasteiger partial charge on any atom is -0.480 e. The molecule has 1 aliphatic carbocycles. The standard InChI is InChI=1S/C11H12BrNO3/c12-8-3-4-13(10(14)6-8)9(11(15)16)5-7-1-2-7/h3-4,6-7,9H,1-2,5H2,(H,15,16). The number of aromatic nitrogens is 1. The predicted octanol–water partition coefficient (Wildman–Crippen LogP) is 2.04. The molecule has 16 heavy (non-hydrogen) atoms. The highest BCUT2D eigenvalue weighted by atomic mass is 79.9. The van der Waals surface area contributed by atoms with Gasteiger partial charge in [-0.15, -0.1) is 0 Å². The van der Waals surface area contributed by atoms with Gasteiger partial charge >= 0.3 is 5.97 Å². The Bertz CT molecular complexity index is 465. The molecule has 1 N–H and O–H groups in total. The van der Waals surface area contributed by atoms with Crippen LogP contribution in [0.2, 0.25) is 0 Å². The van der Waals surface area contributed by atoms with E-state index in [4.69, 9.17) is 5.11 Å². The summed E-state index contributed by atoms with van der Waals surface area (Å²) in [4.78, 5) is 22.8. The third-order valence-corrected chi connectivity index (χ3v) is 3.28. The highest BCUT2D eigenvalue weighted by molar-refractivity contribution is 9.10. The fourth-order valence-corrected chi connectivity index (χ4v) is 2.04. The molecule has 0 amide bonds. The van der Waals surface area contributed by atoms with Crippen LogP contribution in [-0.4, -0.2) is 15.6 Å². The number of carbonyl (C=O) groups is 1.